The number of hydrogen-bond acceptors (Lipinski definition) is 3. The third kappa shape index (κ3) is 5.19. The van der Waals surface area contributed by atoms with Crippen LogP contribution in [0.1, 0.15) is 27.7 Å². The Kier molecular flexibility index (Phi) is 6.49. The maximum absolute atomic E-state index is 11.4. The van der Waals surface area contributed by atoms with Crippen molar-refractivity contribution in [1.82, 2.24) is 10.2 Å². The molecule has 0 spiro atoms. The quantitative estimate of drug-likeness (QED) is 0.644. The molecule has 0 fully saturated rings. The zero-order valence-corrected chi connectivity index (χ0v) is 9.71. The first-order chi connectivity index (χ1) is 6.51. The van der Waals surface area contributed by atoms with Crippen LogP contribution in [0, 0.1) is 0 Å². The maximum atomic E-state index is 11.4. The molecular formula is C10H23N3O. The lowest BCUT2D eigenvalue weighted by atomic mass is 10.2. The van der Waals surface area contributed by atoms with Gasteiger partial charge in [-0.1, -0.05) is 6.92 Å². The van der Waals surface area contributed by atoms with E-state index in [2.05, 4.69) is 10.2 Å². The van der Waals surface area contributed by atoms with Crippen LogP contribution in [0.5, 0.6) is 0 Å². The highest BCUT2D eigenvalue weighted by atomic mass is 16.2. The van der Waals surface area contributed by atoms with Crippen molar-refractivity contribution in [2.75, 3.05) is 19.6 Å². The smallest absolute Gasteiger partial charge is 0.234 e. The molecule has 0 rings (SSSR count). The van der Waals surface area contributed by atoms with Crippen molar-refractivity contribution in [2.24, 2.45) is 5.73 Å². The molecule has 1 atom stereocenters. The Morgan fingerprint density at radius 1 is 1.43 bits per heavy atom. The molecule has 0 aliphatic carbocycles. The average molecular weight is 201 g/mol. The number of amides is 1. The van der Waals surface area contributed by atoms with Crippen molar-refractivity contribution in [3.05, 3.63) is 0 Å². The molecule has 84 valence electrons. The summed E-state index contributed by atoms with van der Waals surface area (Å²) in [7, 11) is 0. The number of hydrogen-bond donors (Lipinski definition) is 2. The van der Waals surface area contributed by atoms with Crippen LogP contribution >= 0.6 is 0 Å². The third-order valence-electron chi connectivity index (χ3n) is 2.17. The summed E-state index contributed by atoms with van der Waals surface area (Å²) < 4.78 is 0. The van der Waals surface area contributed by atoms with Crippen molar-refractivity contribution >= 4 is 5.91 Å². The Balaban J connectivity index is 3.98. The van der Waals surface area contributed by atoms with Crippen molar-refractivity contribution in [3.8, 4) is 0 Å². The van der Waals surface area contributed by atoms with E-state index in [1.807, 2.05) is 27.7 Å². The standard InChI is InChI=1S/C10H23N3O/c1-5-13(9(4)6-11)7-10(14)12-8(2)3/h8-9H,5-7,11H2,1-4H3,(H,12,14). The number of carbonyl (C=O) groups excluding carboxylic acids is 1. The van der Waals surface area contributed by atoms with Gasteiger partial charge in [-0.15, -0.1) is 0 Å². The largest absolute Gasteiger partial charge is 0.353 e. The maximum Gasteiger partial charge on any atom is 0.234 e. The number of carbonyl (C=O) groups is 1. The van der Waals surface area contributed by atoms with Gasteiger partial charge in [-0.3, -0.25) is 9.69 Å². The van der Waals surface area contributed by atoms with Crippen LogP contribution in [0.25, 0.3) is 0 Å². The average Bonchev–Trinajstić information content (AvgIpc) is 2.11. The molecule has 3 N–H and O–H groups in total. The molecule has 0 aromatic rings. The molecule has 0 aromatic carbocycles. The van der Waals surface area contributed by atoms with Gasteiger partial charge in [-0.25, -0.2) is 0 Å². The molecule has 0 heterocycles. The Morgan fingerprint density at radius 2 is 2.00 bits per heavy atom. The molecule has 0 aliphatic heterocycles. The summed E-state index contributed by atoms with van der Waals surface area (Å²) in [5.74, 6) is 0.0714. The summed E-state index contributed by atoms with van der Waals surface area (Å²) in [6, 6.07) is 0.465. The number of likely N-dealkylation sites (N-methyl/N-ethyl adjacent to an activating group) is 1. The molecule has 0 saturated heterocycles. The van der Waals surface area contributed by atoms with Crippen molar-refractivity contribution in [1.29, 1.82) is 0 Å². The van der Waals surface area contributed by atoms with Crippen molar-refractivity contribution in [3.63, 3.8) is 0 Å². The second kappa shape index (κ2) is 6.79. The molecule has 4 heteroatoms. The second-order valence-corrected chi connectivity index (χ2v) is 3.87. The Bertz CT molecular complexity index is 171. The highest BCUT2D eigenvalue weighted by Crippen LogP contribution is 1.96. The highest BCUT2D eigenvalue weighted by Gasteiger charge is 2.14. The van der Waals surface area contributed by atoms with E-state index in [1.165, 1.54) is 0 Å². The lowest BCUT2D eigenvalue weighted by Gasteiger charge is -2.26. The van der Waals surface area contributed by atoms with Crippen LogP contribution < -0.4 is 11.1 Å². The molecule has 1 unspecified atom stereocenters. The Morgan fingerprint density at radius 3 is 2.36 bits per heavy atom. The predicted octanol–water partition coefficient (Wildman–Crippen LogP) is 0.180. The number of rotatable bonds is 6. The van der Waals surface area contributed by atoms with E-state index in [4.69, 9.17) is 5.73 Å². The first-order valence-corrected chi connectivity index (χ1v) is 5.24. The number of nitrogens with two attached hydrogens (primary N) is 1. The highest BCUT2D eigenvalue weighted by molar-refractivity contribution is 5.78. The minimum Gasteiger partial charge on any atom is -0.353 e. The van der Waals surface area contributed by atoms with E-state index in [0.717, 1.165) is 6.54 Å². The summed E-state index contributed by atoms with van der Waals surface area (Å²) in [4.78, 5) is 13.5. The molecule has 4 nitrogen and oxygen atoms in total. The second-order valence-electron chi connectivity index (χ2n) is 3.87. The summed E-state index contributed by atoms with van der Waals surface area (Å²) >= 11 is 0. The molecule has 14 heavy (non-hydrogen) atoms. The van der Waals surface area contributed by atoms with Gasteiger partial charge in [-0.05, 0) is 27.3 Å². The minimum atomic E-state index is 0.0714. The van der Waals surface area contributed by atoms with Crippen LogP contribution in [-0.4, -0.2) is 42.5 Å². The van der Waals surface area contributed by atoms with E-state index in [0.29, 0.717) is 13.1 Å². The van der Waals surface area contributed by atoms with Gasteiger partial charge in [0.2, 0.25) is 5.91 Å². The van der Waals surface area contributed by atoms with Gasteiger partial charge >= 0.3 is 0 Å². The first kappa shape index (κ1) is 13.4. The van der Waals surface area contributed by atoms with Crippen molar-refractivity contribution in [2.45, 2.75) is 39.8 Å². The molecule has 1 amide bonds. The van der Waals surface area contributed by atoms with Gasteiger partial charge in [0.15, 0.2) is 0 Å². The van der Waals surface area contributed by atoms with Gasteiger partial charge in [0.25, 0.3) is 0 Å². The van der Waals surface area contributed by atoms with Crippen LogP contribution in [0.4, 0.5) is 0 Å². The van der Waals surface area contributed by atoms with Crippen LogP contribution in [0.15, 0.2) is 0 Å². The van der Waals surface area contributed by atoms with Gasteiger partial charge in [0.05, 0.1) is 6.54 Å². The van der Waals surface area contributed by atoms with E-state index in [-0.39, 0.29) is 18.0 Å². The van der Waals surface area contributed by atoms with E-state index in [1.54, 1.807) is 0 Å². The van der Waals surface area contributed by atoms with Crippen LogP contribution in [0.3, 0.4) is 0 Å². The van der Waals surface area contributed by atoms with Gasteiger partial charge in [-0.2, -0.15) is 0 Å². The zero-order chi connectivity index (χ0) is 11.1. The normalized spacial score (nSPS) is 13.4. The monoisotopic (exact) mass is 201 g/mol. The molecule has 0 aromatic heterocycles. The lowest BCUT2D eigenvalue weighted by Crippen LogP contribution is -2.45. The molecule has 0 saturated carbocycles. The summed E-state index contributed by atoms with van der Waals surface area (Å²) in [5.41, 5.74) is 5.55. The fraction of sp³-hybridized carbons (Fsp3) is 0.900. The van der Waals surface area contributed by atoms with Gasteiger partial charge in [0, 0.05) is 18.6 Å². The van der Waals surface area contributed by atoms with Gasteiger partial charge < -0.3 is 11.1 Å². The summed E-state index contributed by atoms with van der Waals surface area (Å²) in [5, 5.41) is 2.87. The molecule has 0 bridgehead atoms. The third-order valence-corrected chi connectivity index (χ3v) is 2.17. The lowest BCUT2D eigenvalue weighted by molar-refractivity contribution is -0.123. The zero-order valence-electron chi connectivity index (χ0n) is 9.71. The van der Waals surface area contributed by atoms with E-state index >= 15 is 0 Å². The molecular weight excluding hydrogens is 178 g/mol. The summed E-state index contributed by atoms with van der Waals surface area (Å²) in [6.07, 6.45) is 0. The Hall–Kier alpha value is -0.610. The number of nitrogens with zero attached hydrogens (tertiary/aromatic N) is 1. The SMILES string of the molecule is CCN(CC(=O)NC(C)C)C(C)CN. The van der Waals surface area contributed by atoms with Gasteiger partial charge in [0.1, 0.15) is 0 Å². The fourth-order valence-corrected chi connectivity index (χ4v) is 1.28. The topological polar surface area (TPSA) is 58.4 Å². The predicted molar refractivity (Wildman–Crippen MR) is 59.0 cm³/mol. The summed E-state index contributed by atoms with van der Waals surface area (Å²) in [6.45, 7) is 9.86. The van der Waals surface area contributed by atoms with Crippen molar-refractivity contribution < 1.29 is 4.79 Å². The minimum absolute atomic E-state index is 0.0714. The van der Waals surface area contributed by atoms with E-state index < -0.39 is 0 Å². The number of nitrogens with one attached hydrogen (secondary N) is 1. The van der Waals surface area contributed by atoms with Crippen LogP contribution in [0.2, 0.25) is 0 Å². The Labute approximate surface area is 86.8 Å². The molecule has 0 aliphatic rings. The first-order valence-electron chi connectivity index (χ1n) is 5.24. The molecule has 0 radical (unpaired) electrons. The fourth-order valence-electron chi connectivity index (χ4n) is 1.28. The van der Waals surface area contributed by atoms with Crippen LogP contribution in [-0.2, 0) is 4.79 Å². The van der Waals surface area contributed by atoms with E-state index in [9.17, 15) is 4.79 Å².